The van der Waals surface area contributed by atoms with E-state index in [2.05, 4.69) is 27.7 Å². The Morgan fingerprint density at radius 2 is 1.50 bits per heavy atom. The van der Waals surface area contributed by atoms with Crippen LogP contribution in [0, 0.1) is 0 Å². The maximum absolute atomic E-state index is 9.53. The van der Waals surface area contributed by atoms with Crippen LogP contribution in [-0.4, -0.2) is 38.3 Å². The normalized spacial score (nSPS) is 7.43. The molecule has 0 atom stereocenters. The third kappa shape index (κ3) is 410. The van der Waals surface area contributed by atoms with Crippen molar-refractivity contribution in [2.75, 3.05) is 21.1 Å². The van der Waals surface area contributed by atoms with Gasteiger partial charge in [-0.3, -0.25) is 0 Å². The van der Waals surface area contributed by atoms with Gasteiger partial charge in [0, 0.05) is 27.8 Å². The molecule has 0 bridgehead atoms. The van der Waals surface area contributed by atoms with E-state index in [0.29, 0.717) is 0 Å². The van der Waals surface area contributed by atoms with Crippen molar-refractivity contribution in [3.05, 3.63) is 12.7 Å². The predicted octanol–water partition coefficient (Wildman–Crippen LogP) is -1.23. The largest absolute Gasteiger partial charge is 0.852 e. The zero-order valence-corrected chi connectivity index (χ0v) is 11.2. The molecule has 0 radical (unpaired) electrons. The Kier molecular flexibility index (Phi) is 31.3. The Bertz CT molecular complexity index is 116. The predicted molar refractivity (Wildman–Crippen MR) is 51.7 cm³/mol. The van der Waals surface area contributed by atoms with Crippen molar-refractivity contribution in [2.24, 2.45) is 0 Å². The molecule has 0 saturated carbocycles. The summed E-state index contributed by atoms with van der Waals surface area (Å²) >= 11 is 0. The third-order valence-electron chi connectivity index (χ3n) is 0.175. The zero-order valence-electron chi connectivity index (χ0n) is 9.63. The first-order valence-electron chi connectivity index (χ1n) is 4.02. The van der Waals surface area contributed by atoms with E-state index in [-0.39, 0.29) is 21.7 Å². The quantitative estimate of drug-likeness (QED) is 0.445. The monoisotopic (exact) mass is 239 g/mol. The number of aliphatic carboxylic acids is 1. The molecule has 0 aliphatic carbocycles. The molecular formula is C9H21NO3Ti. The molecule has 0 rings (SSSR count). The third-order valence-corrected chi connectivity index (χ3v) is 0.175. The first-order valence-corrected chi connectivity index (χ1v) is 4.02. The number of quaternary nitrogens is 1. The molecule has 4 nitrogen and oxygen atoms in total. The zero-order chi connectivity index (χ0) is 11.4. The second kappa shape index (κ2) is 18.6. The minimum absolute atomic E-state index is 0. The molecule has 0 aromatic rings. The number of carboxylic acid groups (broad SMARTS) is 1. The summed E-state index contributed by atoms with van der Waals surface area (Å²) in [5.41, 5.74) is 0. The summed E-state index contributed by atoms with van der Waals surface area (Å²) in [6.07, 6.45) is 0.417. The minimum atomic E-state index is -0.981. The van der Waals surface area contributed by atoms with Gasteiger partial charge in [0.15, 0.2) is 0 Å². The Morgan fingerprint density at radius 1 is 1.43 bits per heavy atom. The van der Waals surface area contributed by atoms with E-state index in [0.717, 1.165) is 6.08 Å². The average molecular weight is 239 g/mol. The van der Waals surface area contributed by atoms with Gasteiger partial charge in [0.2, 0.25) is 0 Å². The number of hydrogen-bond donors (Lipinski definition) is 2. The summed E-state index contributed by atoms with van der Waals surface area (Å²) in [5.74, 6) is -0.981. The van der Waals surface area contributed by atoms with Crippen LogP contribution in [0.2, 0.25) is 0 Å². The van der Waals surface area contributed by atoms with Gasteiger partial charge >= 0.3 is 5.97 Å². The minimum Gasteiger partial charge on any atom is -0.852 e. The Balaban J connectivity index is -0.0000000522. The number of rotatable bonds is 1. The number of hydrogen-bond acceptors (Lipinski definition) is 2. The molecule has 84 valence electrons. The molecule has 0 heterocycles. The summed E-state index contributed by atoms with van der Waals surface area (Å²) in [5, 5.41) is 17.1. The molecule has 0 spiro atoms. The van der Waals surface area contributed by atoms with Gasteiger partial charge in [0.25, 0.3) is 0 Å². The summed E-state index contributed by atoms with van der Waals surface area (Å²) in [4.78, 5) is 10.7. The number of nitrogens with one attached hydrogen (secondary N) is 1. The smallest absolute Gasteiger partial charge is 0.327 e. The topological polar surface area (TPSA) is 64.8 Å². The summed E-state index contributed by atoms with van der Waals surface area (Å²) < 4.78 is 0. The van der Waals surface area contributed by atoms with Gasteiger partial charge in [-0.25, -0.2) is 4.79 Å². The van der Waals surface area contributed by atoms with E-state index < -0.39 is 12.1 Å². The molecule has 0 aromatic heterocycles. The first-order chi connectivity index (χ1) is 5.73. The van der Waals surface area contributed by atoms with E-state index >= 15 is 0 Å². The summed E-state index contributed by atoms with van der Waals surface area (Å²) in [6, 6.07) is 0. The standard InChI is InChI=1S/C3H9N.C3H4O2.C3H7O.Ti/c1-4(2)3;1-2-3(4)5;1-3(2)4;/h1-3H3;2H,1H2,(H,4,5);3H,1-2H3;/q;;-1;/p+1. The summed E-state index contributed by atoms with van der Waals surface area (Å²) in [7, 11) is 6.25. The van der Waals surface area contributed by atoms with Crippen LogP contribution in [0.25, 0.3) is 0 Å². The van der Waals surface area contributed by atoms with E-state index in [1.807, 2.05) is 0 Å². The molecule has 0 unspecified atom stereocenters. The maximum Gasteiger partial charge on any atom is 0.327 e. The van der Waals surface area contributed by atoms with Crippen LogP contribution < -0.4 is 10.0 Å². The van der Waals surface area contributed by atoms with E-state index in [1.54, 1.807) is 13.8 Å². The van der Waals surface area contributed by atoms with Gasteiger partial charge in [-0.05, 0) is 0 Å². The van der Waals surface area contributed by atoms with E-state index in [4.69, 9.17) is 5.11 Å². The van der Waals surface area contributed by atoms with Crippen molar-refractivity contribution < 1.29 is 41.6 Å². The molecule has 0 aromatic carbocycles. The van der Waals surface area contributed by atoms with Crippen LogP contribution in [0.15, 0.2) is 12.7 Å². The van der Waals surface area contributed by atoms with Crippen LogP contribution in [0.3, 0.4) is 0 Å². The van der Waals surface area contributed by atoms with Gasteiger partial charge in [-0.2, -0.15) is 0 Å². The van der Waals surface area contributed by atoms with Crippen molar-refractivity contribution in [1.82, 2.24) is 0 Å². The van der Waals surface area contributed by atoms with Crippen LogP contribution in [0.5, 0.6) is 0 Å². The van der Waals surface area contributed by atoms with Crippen LogP contribution in [0.4, 0.5) is 0 Å². The van der Waals surface area contributed by atoms with Crippen molar-refractivity contribution in [1.29, 1.82) is 0 Å². The van der Waals surface area contributed by atoms with Gasteiger partial charge in [-0.1, -0.05) is 20.4 Å². The molecule has 0 fully saturated rings. The molecule has 0 aliphatic heterocycles. The van der Waals surface area contributed by atoms with Crippen molar-refractivity contribution in [3.63, 3.8) is 0 Å². The van der Waals surface area contributed by atoms with Crippen molar-refractivity contribution in [2.45, 2.75) is 20.0 Å². The van der Waals surface area contributed by atoms with Crippen molar-refractivity contribution in [3.8, 4) is 0 Å². The van der Waals surface area contributed by atoms with Gasteiger partial charge in [0.05, 0.1) is 21.1 Å². The fourth-order valence-corrected chi connectivity index (χ4v) is 0. The maximum atomic E-state index is 9.53. The second-order valence-corrected chi connectivity index (χ2v) is 3.09. The Labute approximate surface area is 101 Å². The molecule has 0 aliphatic rings. The number of carboxylic acids is 1. The fourth-order valence-electron chi connectivity index (χ4n) is 0. The molecule has 5 heteroatoms. The van der Waals surface area contributed by atoms with Gasteiger partial charge < -0.3 is 15.1 Å². The van der Waals surface area contributed by atoms with E-state index in [9.17, 15) is 9.90 Å². The first kappa shape index (κ1) is 23.6. The van der Waals surface area contributed by atoms with E-state index in [1.165, 1.54) is 4.90 Å². The fraction of sp³-hybridized carbons (Fsp3) is 0.667. The molecule has 14 heavy (non-hydrogen) atoms. The van der Waals surface area contributed by atoms with Crippen LogP contribution in [0.1, 0.15) is 13.8 Å². The Hall–Kier alpha value is -0.156. The van der Waals surface area contributed by atoms with Crippen LogP contribution in [-0.2, 0) is 26.5 Å². The SMILES string of the molecule is C=CC(=O)O.CC(C)[O-].C[NH+](C)C.[Ti]. The van der Waals surface area contributed by atoms with Crippen molar-refractivity contribution >= 4 is 5.97 Å². The average Bonchev–Trinajstić information content (AvgIpc) is 1.84. The summed E-state index contributed by atoms with van der Waals surface area (Å²) in [6.45, 7) is 6.18. The molecular weight excluding hydrogens is 218 g/mol. The van der Waals surface area contributed by atoms with Crippen LogP contribution >= 0.6 is 0 Å². The molecule has 0 saturated heterocycles. The van der Waals surface area contributed by atoms with Gasteiger partial charge in [-0.15, -0.1) is 6.10 Å². The molecule has 2 N–H and O–H groups in total. The van der Waals surface area contributed by atoms with Gasteiger partial charge in [0.1, 0.15) is 0 Å². The Morgan fingerprint density at radius 3 is 1.50 bits per heavy atom. The second-order valence-electron chi connectivity index (χ2n) is 3.09. The number of carbonyl (C=O) groups is 1. The molecule has 0 amide bonds.